The highest BCUT2D eigenvalue weighted by atomic mass is 32.2. The molecular weight excluding hydrogens is 318 g/mol. The van der Waals surface area contributed by atoms with Gasteiger partial charge >= 0.3 is 0 Å². The maximum Gasteiger partial charge on any atom is 0.173 e. The second-order valence-electron chi connectivity index (χ2n) is 5.27. The van der Waals surface area contributed by atoms with Crippen molar-refractivity contribution >= 4 is 38.1 Å². The van der Waals surface area contributed by atoms with Gasteiger partial charge in [-0.25, -0.2) is 8.42 Å². The van der Waals surface area contributed by atoms with Crippen molar-refractivity contribution in [3.63, 3.8) is 0 Å². The number of aromatic amines is 1. The van der Waals surface area contributed by atoms with Crippen LogP contribution in [0.5, 0.6) is 0 Å². The highest BCUT2D eigenvalue weighted by Gasteiger charge is 2.21. The van der Waals surface area contributed by atoms with Crippen molar-refractivity contribution in [1.82, 2.24) is 15.6 Å². The van der Waals surface area contributed by atoms with E-state index in [9.17, 15) is 8.42 Å². The van der Waals surface area contributed by atoms with E-state index in [4.69, 9.17) is 12.2 Å². The number of benzene rings is 1. The van der Waals surface area contributed by atoms with E-state index in [1.165, 1.54) is 16.4 Å². The van der Waals surface area contributed by atoms with Crippen molar-refractivity contribution in [3.8, 4) is 0 Å². The Balaban J connectivity index is 1.49. The molecule has 1 aliphatic heterocycles. The van der Waals surface area contributed by atoms with Gasteiger partial charge in [-0.2, -0.15) is 0 Å². The van der Waals surface area contributed by atoms with Crippen LogP contribution in [0.1, 0.15) is 5.56 Å². The number of sulfone groups is 1. The normalized spacial score (nSPS) is 19.4. The van der Waals surface area contributed by atoms with Gasteiger partial charge in [-0.15, -0.1) is 0 Å². The number of thiocarbonyl (C=S) groups is 1. The van der Waals surface area contributed by atoms with Crippen LogP contribution in [0.25, 0.3) is 10.9 Å². The molecule has 0 unspecified atom stereocenters. The molecule has 1 atom stereocenters. The fourth-order valence-electron chi connectivity index (χ4n) is 2.53. The summed E-state index contributed by atoms with van der Waals surface area (Å²) < 4.78 is 22.6. The third-order valence-corrected chi connectivity index (χ3v) is 5.26. The van der Waals surface area contributed by atoms with Crippen molar-refractivity contribution in [2.45, 2.75) is 12.5 Å². The Labute approximate surface area is 134 Å². The number of hydrogen-bond donors (Lipinski definition) is 3. The first-order valence-corrected chi connectivity index (χ1v) is 9.16. The smallest absolute Gasteiger partial charge is 0.173 e. The third kappa shape index (κ3) is 3.48. The predicted octanol–water partition coefficient (Wildman–Crippen LogP) is 1.49. The van der Waals surface area contributed by atoms with Crippen molar-refractivity contribution in [1.29, 1.82) is 0 Å². The number of nitrogens with one attached hydrogen (secondary N) is 3. The SMILES string of the molecule is O=S1(=O)C=C[C@H](NC(=S)NCCc2c[nH]c3ccccc23)C1. The fourth-order valence-corrected chi connectivity index (χ4v) is 4.02. The molecule has 0 bridgehead atoms. The molecule has 3 N–H and O–H groups in total. The maximum absolute atomic E-state index is 11.3. The van der Waals surface area contributed by atoms with E-state index < -0.39 is 9.84 Å². The molecule has 2 aromatic rings. The minimum Gasteiger partial charge on any atom is -0.362 e. The Morgan fingerprint density at radius 1 is 1.36 bits per heavy atom. The van der Waals surface area contributed by atoms with Crippen LogP contribution in [0, 0.1) is 0 Å². The summed E-state index contributed by atoms with van der Waals surface area (Å²) in [5.41, 5.74) is 2.36. The zero-order valence-electron chi connectivity index (χ0n) is 11.9. The van der Waals surface area contributed by atoms with Crippen LogP contribution in [-0.4, -0.2) is 36.9 Å². The number of hydrogen-bond acceptors (Lipinski definition) is 3. The molecule has 1 aromatic carbocycles. The fraction of sp³-hybridized carbons (Fsp3) is 0.267. The van der Waals surface area contributed by atoms with Gasteiger partial charge in [0.2, 0.25) is 0 Å². The minimum atomic E-state index is -3.06. The molecule has 0 aliphatic carbocycles. The Morgan fingerprint density at radius 2 is 2.18 bits per heavy atom. The Kier molecular flexibility index (Phi) is 4.17. The van der Waals surface area contributed by atoms with Gasteiger partial charge in [-0.3, -0.25) is 0 Å². The molecule has 3 rings (SSSR count). The van der Waals surface area contributed by atoms with Crippen molar-refractivity contribution in [2.75, 3.05) is 12.3 Å². The lowest BCUT2D eigenvalue weighted by molar-refractivity contribution is 0.602. The Hall–Kier alpha value is -1.86. The summed E-state index contributed by atoms with van der Waals surface area (Å²) >= 11 is 5.20. The lowest BCUT2D eigenvalue weighted by Crippen LogP contribution is -2.42. The van der Waals surface area contributed by atoms with E-state index in [1.54, 1.807) is 6.08 Å². The molecular formula is C15H17N3O2S2. The molecule has 1 aromatic heterocycles. The summed E-state index contributed by atoms with van der Waals surface area (Å²) in [7, 11) is -3.06. The molecule has 0 saturated carbocycles. The molecule has 0 radical (unpaired) electrons. The van der Waals surface area contributed by atoms with Gasteiger partial charge < -0.3 is 15.6 Å². The standard InChI is InChI=1S/C15H17N3O2S2/c19-22(20)8-6-12(10-22)18-15(21)16-7-5-11-9-17-14-4-2-1-3-13(11)14/h1-4,6,8-9,12,17H,5,7,10H2,(H2,16,18,21)/t12-/m0/s1. The van der Waals surface area contributed by atoms with Crippen LogP contribution < -0.4 is 10.6 Å². The molecule has 7 heteroatoms. The predicted molar refractivity (Wildman–Crippen MR) is 92.5 cm³/mol. The molecule has 116 valence electrons. The van der Waals surface area contributed by atoms with Crippen molar-refractivity contribution < 1.29 is 8.42 Å². The highest BCUT2D eigenvalue weighted by molar-refractivity contribution is 7.94. The lowest BCUT2D eigenvalue weighted by atomic mass is 10.1. The van der Waals surface area contributed by atoms with E-state index in [1.807, 2.05) is 24.4 Å². The summed E-state index contributed by atoms with van der Waals surface area (Å²) in [4.78, 5) is 3.24. The van der Waals surface area contributed by atoms with Gasteiger partial charge in [-0.05, 0) is 36.3 Å². The molecule has 0 amide bonds. The minimum absolute atomic E-state index is 0.0667. The van der Waals surface area contributed by atoms with Gasteiger partial charge in [0.15, 0.2) is 14.9 Å². The molecule has 22 heavy (non-hydrogen) atoms. The number of fused-ring (bicyclic) bond motifs is 1. The number of rotatable bonds is 4. The van der Waals surface area contributed by atoms with Crippen LogP contribution in [0.15, 0.2) is 41.9 Å². The van der Waals surface area contributed by atoms with Gasteiger partial charge in [0.05, 0.1) is 11.8 Å². The van der Waals surface area contributed by atoms with Gasteiger partial charge in [-0.1, -0.05) is 18.2 Å². The summed E-state index contributed by atoms with van der Waals surface area (Å²) in [5.74, 6) is 0.0667. The number of aromatic nitrogens is 1. The van der Waals surface area contributed by atoms with E-state index in [0.29, 0.717) is 11.7 Å². The average Bonchev–Trinajstić information content (AvgIpc) is 3.03. The van der Waals surface area contributed by atoms with Crippen molar-refractivity contribution in [2.24, 2.45) is 0 Å². The van der Waals surface area contributed by atoms with Crippen LogP contribution in [-0.2, 0) is 16.3 Å². The van der Waals surface area contributed by atoms with E-state index in [0.717, 1.165) is 11.9 Å². The Bertz CT molecular complexity index is 824. The summed E-state index contributed by atoms with van der Waals surface area (Å²) in [6.07, 6.45) is 4.47. The van der Waals surface area contributed by atoms with E-state index in [2.05, 4.69) is 21.7 Å². The zero-order valence-corrected chi connectivity index (χ0v) is 13.5. The van der Waals surface area contributed by atoms with Crippen LogP contribution in [0.4, 0.5) is 0 Å². The summed E-state index contributed by atoms with van der Waals surface area (Å²) in [5, 5.41) is 9.05. The summed E-state index contributed by atoms with van der Waals surface area (Å²) in [6, 6.07) is 7.92. The zero-order chi connectivity index (χ0) is 15.6. The first-order valence-electron chi connectivity index (χ1n) is 7.04. The van der Waals surface area contributed by atoms with Gasteiger partial charge in [0.1, 0.15) is 0 Å². The summed E-state index contributed by atoms with van der Waals surface area (Å²) in [6.45, 7) is 0.691. The van der Waals surface area contributed by atoms with E-state index in [-0.39, 0.29) is 11.8 Å². The molecule has 0 fully saturated rings. The molecule has 1 aliphatic rings. The second-order valence-corrected chi connectivity index (χ2v) is 7.61. The van der Waals surface area contributed by atoms with Gasteiger partial charge in [0, 0.05) is 29.1 Å². The van der Waals surface area contributed by atoms with Crippen LogP contribution >= 0.6 is 12.2 Å². The quantitative estimate of drug-likeness (QED) is 0.738. The first kappa shape index (κ1) is 15.1. The maximum atomic E-state index is 11.3. The highest BCUT2D eigenvalue weighted by Crippen LogP contribution is 2.17. The second kappa shape index (κ2) is 6.10. The monoisotopic (exact) mass is 335 g/mol. The van der Waals surface area contributed by atoms with Crippen molar-refractivity contribution in [3.05, 3.63) is 47.5 Å². The average molecular weight is 335 g/mol. The number of H-pyrrole nitrogens is 1. The first-order chi connectivity index (χ1) is 10.5. The topological polar surface area (TPSA) is 74.0 Å². The lowest BCUT2D eigenvalue weighted by Gasteiger charge is -2.14. The Morgan fingerprint density at radius 3 is 2.95 bits per heavy atom. The molecule has 2 heterocycles. The number of para-hydroxylation sites is 1. The van der Waals surface area contributed by atoms with Gasteiger partial charge in [0.25, 0.3) is 0 Å². The third-order valence-electron chi connectivity index (χ3n) is 3.60. The molecule has 5 nitrogen and oxygen atoms in total. The molecule has 0 saturated heterocycles. The molecule has 0 spiro atoms. The van der Waals surface area contributed by atoms with Crippen LogP contribution in [0.3, 0.4) is 0 Å². The van der Waals surface area contributed by atoms with E-state index >= 15 is 0 Å². The van der Waals surface area contributed by atoms with Crippen LogP contribution in [0.2, 0.25) is 0 Å². The largest absolute Gasteiger partial charge is 0.362 e.